The molecule has 0 bridgehead atoms. The Hall–Kier alpha value is -2.76. The van der Waals surface area contributed by atoms with Crippen molar-refractivity contribution in [3.05, 3.63) is 42.4 Å². The van der Waals surface area contributed by atoms with Crippen LogP contribution in [-0.2, 0) is 4.79 Å². The van der Waals surface area contributed by atoms with Crippen molar-refractivity contribution in [2.75, 3.05) is 10.6 Å². The lowest BCUT2D eigenvalue weighted by Gasteiger charge is -2.12. The van der Waals surface area contributed by atoms with E-state index < -0.39 is 5.91 Å². The standard InChI is InChI=1S/C16H18N2O4/c1-3-10(2)15(20)18-12-7-6-11(9-13(12)19)17-16(21)14-5-4-8-22-14/h4-10,19H,3H2,1-2H3,(H,17,21)(H,18,20). The number of benzene rings is 1. The average Bonchev–Trinajstić information content (AvgIpc) is 3.03. The lowest BCUT2D eigenvalue weighted by Crippen LogP contribution is -2.19. The Morgan fingerprint density at radius 2 is 2.05 bits per heavy atom. The number of rotatable bonds is 5. The van der Waals surface area contributed by atoms with Crippen LogP contribution < -0.4 is 10.6 Å². The van der Waals surface area contributed by atoms with Gasteiger partial charge >= 0.3 is 0 Å². The Labute approximate surface area is 128 Å². The maximum absolute atomic E-state index is 11.8. The second kappa shape index (κ2) is 6.80. The third kappa shape index (κ3) is 3.66. The topological polar surface area (TPSA) is 91.6 Å². The molecule has 2 aromatic rings. The zero-order chi connectivity index (χ0) is 16.1. The molecule has 2 amide bonds. The minimum absolute atomic E-state index is 0.117. The van der Waals surface area contributed by atoms with Gasteiger partial charge in [0.15, 0.2) is 5.76 Å². The molecule has 1 aromatic heterocycles. The van der Waals surface area contributed by atoms with Gasteiger partial charge in [-0.2, -0.15) is 0 Å². The molecular formula is C16H18N2O4. The summed E-state index contributed by atoms with van der Waals surface area (Å²) in [6, 6.07) is 7.64. The van der Waals surface area contributed by atoms with Gasteiger partial charge in [-0.15, -0.1) is 0 Å². The van der Waals surface area contributed by atoms with Gasteiger partial charge in [0, 0.05) is 17.7 Å². The van der Waals surface area contributed by atoms with Gasteiger partial charge in [0.2, 0.25) is 5.91 Å². The highest BCUT2D eigenvalue weighted by atomic mass is 16.3. The Balaban J connectivity index is 2.06. The summed E-state index contributed by atoms with van der Waals surface area (Å²) in [4.78, 5) is 23.6. The highest BCUT2D eigenvalue weighted by Gasteiger charge is 2.14. The highest BCUT2D eigenvalue weighted by Crippen LogP contribution is 2.27. The van der Waals surface area contributed by atoms with E-state index in [9.17, 15) is 14.7 Å². The fraction of sp³-hybridized carbons (Fsp3) is 0.250. The fourth-order valence-corrected chi connectivity index (χ4v) is 1.76. The number of carbonyl (C=O) groups is 2. The largest absolute Gasteiger partial charge is 0.506 e. The molecule has 22 heavy (non-hydrogen) atoms. The molecule has 6 nitrogen and oxygen atoms in total. The van der Waals surface area contributed by atoms with Crippen LogP contribution in [0.25, 0.3) is 0 Å². The van der Waals surface area contributed by atoms with Crippen LogP contribution in [0.4, 0.5) is 11.4 Å². The van der Waals surface area contributed by atoms with Crippen molar-refractivity contribution in [3.63, 3.8) is 0 Å². The quantitative estimate of drug-likeness (QED) is 0.739. The molecule has 2 rings (SSSR count). The van der Waals surface area contributed by atoms with Crippen molar-refractivity contribution in [3.8, 4) is 5.75 Å². The minimum atomic E-state index is -0.416. The normalized spacial score (nSPS) is 11.7. The number of hydrogen-bond donors (Lipinski definition) is 3. The first-order chi connectivity index (χ1) is 10.5. The summed E-state index contributed by atoms with van der Waals surface area (Å²) in [7, 11) is 0. The minimum Gasteiger partial charge on any atom is -0.506 e. The van der Waals surface area contributed by atoms with E-state index in [-0.39, 0.29) is 23.3 Å². The number of hydrogen-bond acceptors (Lipinski definition) is 4. The molecule has 6 heteroatoms. The smallest absolute Gasteiger partial charge is 0.291 e. The molecule has 0 aliphatic rings. The third-order valence-electron chi connectivity index (χ3n) is 3.32. The third-order valence-corrected chi connectivity index (χ3v) is 3.32. The van der Waals surface area contributed by atoms with Crippen molar-refractivity contribution in [2.24, 2.45) is 5.92 Å². The van der Waals surface area contributed by atoms with Crippen molar-refractivity contribution in [1.29, 1.82) is 0 Å². The van der Waals surface area contributed by atoms with Crippen molar-refractivity contribution < 1.29 is 19.1 Å². The summed E-state index contributed by atoms with van der Waals surface area (Å²) in [5.74, 6) is -0.661. The van der Waals surface area contributed by atoms with E-state index in [1.54, 1.807) is 12.1 Å². The molecule has 0 radical (unpaired) electrons. The number of phenols is 1. The van der Waals surface area contributed by atoms with Gasteiger partial charge in [-0.05, 0) is 30.7 Å². The number of furan rings is 1. The number of anilines is 2. The van der Waals surface area contributed by atoms with Gasteiger partial charge in [0.05, 0.1) is 12.0 Å². The molecule has 0 saturated carbocycles. The van der Waals surface area contributed by atoms with Crippen molar-refractivity contribution in [1.82, 2.24) is 0 Å². The second-order valence-electron chi connectivity index (χ2n) is 4.96. The van der Waals surface area contributed by atoms with Crippen LogP contribution in [0.15, 0.2) is 41.0 Å². The van der Waals surface area contributed by atoms with Gasteiger partial charge in [0.25, 0.3) is 5.91 Å². The number of carbonyl (C=O) groups excluding carboxylic acids is 2. The number of nitrogens with one attached hydrogen (secondary N) is 2. The first-order valence-electron chi connectivity index (χ1n) is 7.00. The Kier molecular flexibility index (Phi) is 4.83. The van der Waals surface area contributed by atoms with Crippen molar-refractivity contribution in [2.45, 2.75) is 20.3 Å². The SMILES string of the molecule is CCC(C)C(=O)Nc1ccc(NC(=O)c2ccco2)cc1O. The van der Waals surface area contributed by atoms with Crippen LogP contribution in [0.3, 0.4) is 0 Å². The van der Waals surface area contributed by atoms with Gasteiger partial charge in [0.1, 0.15) is 5.75 Å². The predicted octanol–water partition coefficient (Wildman–Crippen LogP) is 3.22. The lowest BCUT2D eigenvalue weighted by molar-refractivity contribution is -0.119. The molecule has 3 N–H and O–H groups in total. The summed E-state index contributed by atoms with van der Waals surface area (Å²) < 4.78 is 4.98. The summed E-state index contributed by atoms with van der Waals surface area (Å²) in [6.45, 7) is 3.72. The molecule has 116 valence electrons. The molecule has 0 fully saturated rings. The average molecular weight is 302 g/mol. The van der Waals surface area contributed by atoms with Crippen LogP contribution >= 0.6 is 0 Å². The monoisotopic (exact) mass is 302 g/mol. The Bertz CT molecular complexity index is 665. The maximum atomic E-state index is 11.8. The number of amides is 2. The van der Waals surface area contributed by atoms with E-state index in [1.165, 1.54) is 24.5 Å². The van der Waals surface area contributed by atoms with E-state index in [1.807, 2.05) is 13.8 Å². The Morgan fingerprint density at radius 1 is 1.27 bits per heavy atom. The molecule has 1 heterocycles. The van der Waals surface area contributed by atoms with E-state index in [4.69, 9.17) is 4.42 Å². The van der Waals surface area contributed by atoms with Crippen LogP contribution in [0.5, 0.6) is 5.75 Å². The molecule has 1 atom stereocenters. The molecule has 0 aliphatic carbocycles. The van der Waals surface area contributed by atoms with Gasteiger partial charge in [-0.1, -0.05) is 13.8 Å². The summed E-state index contributed by atoms with van der Waals surface area (Å²) >= 11 is 0. The zero-order valence-corrected chi connectivity index (χ0v) is 12.4. The van der Waals surface area contributed by atoms with Crippen molar-refractivity contribution >= 4 is 23.2 Å². The number of phenolic OH excluding ortho intramolecular Hbond substituents is 1. The molecule has 0 spiro atoms. The van der Waals surface area contributed by atoms with Gasteiger partial charge in [-0.3, -0.25) is 9.59 Å². The molecule has 1 unspecified atom stereocenters. The van der Waals surface area contributed by atoms with Crippen LogP contribution in [0.2, 0.25) is 0 Å². The summed E-state index contributed by atoms with van der Waals surface area (Å²) in [5, 5.41) is 15.2. The van der Waals surface area contributed by atoms with E-state index in [2.05, 4.69) is 10.6 Å². The highest BCUT2D eigenvalue weighted by molar-refractivity contribution is 6.02. The van der Waals surface area contributed by atoms with Crippen LogP contribution in [0, 0.1) is 5.92 Å². The van der Waals surface area contributed by atoms with Gasteiger partial charge in [-0.25, -0.2) is 0 Å². The van der Waals surface area contributed by atoms with Crippen LogP contribution in [0.1, 0.15) is 30.8 Å². The van der Waals surface area contributed by atoms with E-state index in [0.717, 1.165) is 0 Å². The Morgan fingerprint density at radius 3 is 2.64 bits per heavy atom. The molecule has 1 aromatic carbocycles. The zero-order valence-electron chi connectivity index (χ0n) is 12.4. The summed E-state index contributed by atoms with van der Waals surface area (Å²) in [6.07, 6.45) is 2.11. The van der Waals surface area contributed by atoms with Crippen LogP contribution in [-0.4, -0.2) is 16.9 Å². The first kappa shape index (κ1) is 15.6. The van der Waals surface area contributed by atoms with E-state index >= 15 is 0 Å². The van der Waals surface area contributed by atoms with E-state index in [0.29, 0.717) is 17.8 Å². The summed E-state index contributed by atoms with van der Waals surface area (Å²) in [5.41, 5.74) is 0.710. The number of aromatic hydroxyl groups is 1. The second-order valence-corrected chi connectivity index (χ2v) is 4.96. The molecule has 0 saturated heterocycles. The first-order valence-corrected chi connectivity index (χ1v) is 7.00. The van der Waals surface area contributed by atoms with Gasteiger partial charge < -0.3 is 20.2 Å². The molecule has 0 aliphatic heterocycles. The molecular weight excluding hydrogens is 284 g/mol. The fourth-order valence-electron chi connectivity index (χ4n) is 1.76. The maximum Gasteiger partial charge on any atom is 0.291 e. The predicted molar refractivity (Wildman–Crippen MR) is 82.9 cm³/mol. The lowest BCUT2D eigenvalue weighted by atomic mass is 10.1.